The zero-order valence-corrected chi connectivity index (χ0v) is 18.1. The van der Waals surface area contributed by atoms with Crippen LogP contribution in [0.1, 0.15) is 64.4 Å². The second kappa shape index (κ2) is 10.2. The predicted octanol–water partition coefficient (Wildman–Crippen LogP) is 6.48. The van der Waals surface area contributed by atoms with Gasteiger partial charge in [0.25, 0.3) is 5.91 Å². The highest BCUT2D eigenvalue weighted by molar-refractivity contribution is 6.08. The van der Waals surface area contributed by atoms with E-state index in [1.807, 2.05) is 24.3 Å². The van der Waals surface area contributed by atoms with Crippen molar-refractivity contribution in [2.24, 2.45) is 4.99 Å². The van der Waals surface area contributed by atoms with Crippen molar-refractivity contribution in [1.82, 2.24) is 5.32 Å². The molecule has 0 atom stereocenters. The second-order valence-corrected chi connectivity index (χ2v) is 8.03. The highest BCUT2D eigenvalue weighted by atomic mass is 16.2. The molecule has 1 fully saturated rings. The van der Waals surface area contributed by atoms with Gasteiger partial charge in [-0.3, -0.25) is 9.79 Å². The molecule has 1 heterocycles. The number of amidine groups is 1. The minimum Gasteiger partial charge on any atom is -0.312 e. The first-order valence-electron chi connectivity index (χ1n) is 11.1. The van der Waals surface area contributed by atoms with E-state index in [1.54, 1.807) is 0 Å². The maximum absolute atomic E-state index is 11.7. The number of aliphatic imine (C=N–C) groups is 1. The normalized spacial score (nSPS) is 16.4. The Balaban J connectivity index is 0.000000172. The highest BCUT2D eigenvalue weighted by Crippen LogP contribution is 2.36. The first-order chi connectivity index (χ1) is 14.6. The van der Waals surface area contributed by atoms with Crippen LogP contribution in [0.4, 0.5) is 5.69 Å². The molecule has 2 aliphatic rings. The molecule has 30 heavy (non-hydrogen) atoms. The van der Waals surface area contributed by atoms with Crippen molar-refractivity contribution >= 4 is 17.4 Å². The Labute approximate surface area is 180 Å². The molecule has 1 amide bonds. The number of nitrogens with zero attached hydrogens (tertiary/aromatic N) is 2. The van der Waals surface area contributed by atoms with Crippen LogP contribution in [-0.2, 0) is 11.2 Å². The Morgan fingerprint density at radius 1 is 1.07 bits per heavy atom. The molecule has 0 saturated heterocycles. The van der Waals surface area contributed by atoms with E-state index in [0.717, 1.165) is 68.3 Å². The fraction of sp³-hybridized carbons (Fsp3) is 0.423. The minimum absolute atomic E-state index is 0.154. The predicted molar refractivity (Wildman–Crippen MR) is 124 cm³/mol. The summed E-state index contributed by atoms with van der Waals surface area (Å²) >= 11 is 0. The van der Waals surface area contributed by atoms with Gasteiger partial charge in [-0.1, -0.05) is 81.6 Å². The van der Waals surface area contributed by atoms with Crippen molar-refractivity contribution < 1.29 is 4.79 Å². The fourth-order valence-corrected chi connectivity index (χ4v) is 4.08. The Bertz CT molecular complexity index is 931. The summed E-state index contributed by atoms with van der Waals surface area (Å²) in [7, 11) is 0. The summed E-state index contributed by atoms with van der Waals surface area (Å²) < 4.78 is 0. The Kier molecular flexibility index (Phi) is 7.41. The van der Waals surface area contributed by atoms with Crippen molar-refractivity contribution in [3.8, 4) is 11.1 Å². The molecule has 4 rings (SSSR count). The molecule has 1 saturated carbocycles. The molecule has 1 spiro atoms. The summed E-state index contributed by atoms with van der Waals surface area (Å²) in [5.74, 6) is 1.08. The Hall–Kier alpha value is -2.93. The molecular formula is C26H31N3O. The lowest BCUT2D eigenvalue weighted by atomic mass is 9.99. The molecule has 1 aliphatic carbocycles. The van der Waals surface area contributed by atoms with Crippen LogP contribution in [0.15, 0.2) is 53.5 Å². The Morgan fingerprint density at radius 2 is 1.77 bits per heavy atom. The van der Waals surface area contributed by atoms with Crippen LogP contribution in [0.5, 0.6) is 0 Å². The highest BCUT2D eigenvalue weighted by Gasteiger charge is 2.45. The van der Waals surface area contributed by atoms with E-state index < -0.39 is 0 Å². The van der Waals surface area contributed by atoms with E-state index in [2.05, 4.69) is 53.3 Å². The maximum Gasteiger partial charge on any atom is 0.253 e. The standard InChI is InChI=1S/C15H13N.C11H18N2O/c1-3-12-8-10-13(11-9-12)14-6-4-5-7-15(14)16-2;1-2-3-6-9-12-10(14)11(13-9)7-4-5-8-11/h4-11H,3H2,1H3;2-8H2,1H3,(H,12,13,14). The topological polar surface area (TPSA) is 45.8 Å². The Morgan fingerprint density at radius 3 is 2.40 bits per heavy atom. The molecule has 156 valence electrons. The van der Waals surface area contributed by atoms with Gasteiger partial charge in [-0.15, -0.1) is 0 Å². The quantitative estimate of drug-likeness (QED) is 0.572. The van der Waals surface area contributed by atoms with Crippen LogP contribution in [0.25, 0.3) is 16.0 Å². The van der Waals surface area contributed by atoms with Crippen molar-refractivity contribution in [1.29, 1.82) is 0 Å². The lowest BCUT2D eigenvalue weighted by Crippen LogP contribution is -2.37. The van der Waals surface area contributed by atoms with Crippen LogP contribution < -0.4 is 5.32 Å². The lowest BCUT2D eigenvalue weighted by Gasteiger charge is -2.14. The summed E-state index contributed by atoms with van der Waals surface area (Å²) in [4.78, 5) is 19.9. The summed E-state index contributed by atoms with van der Waals surface area (Å²) in [6.45, 7) is 11.4. The van der Waals surface area contributed by atoms with Crippen molar-refractivity contribution in [3.63, 3.8) is 0 Å². The van der Waals surface area contributed by atoms with Gasteiger partial charge in [-0.05, 0) is 42.4 Å². The van der Waals surface area contributed by atoms with Gasteiger partial charge in [-0.25, -0.2) is 4.85 Å². The zero-order valence-electron chi connectivity index (χ0n) is 18.1. The summed E-state index contributed by atoms with van der Waals surface area (Å²) in [6, 6.07) is 16.1. The molecule has 2 aromatic rings. The summed E-state index contributed by atoms with van der Waals surface area (Å²) in [5, 5.41) is 2.93. The van der Waals surface area contributed by atoms with Crippen LogP contribution in [0.2, 0.25) is 0 Å². The fourth-order valence-electron chi connectivity index (χ4n) is 4.08. The lowest BCUT2D eigenvalue weighted by molar-refractivity contribution is -0.123. The third-order valence-electron chi connectivity index (χ3n) is 5.92. The zero-order chi connectivity index (χ0) is 21.4. The molecule has 2 aromatic carbocycles. The van der Waals surface area contributed by atoms with Crippen molar-refractivity contribution in [3.05, 3.63) is 65.5 Å². The average Bonchev–Trinajstić information content (AvgIpc) is 3.39. The van der Waals surface area contributed by atoms with Gasteiger partial charge in [-0.2, -0.15) is 0 Å². The third-order valence-corrected chi connectivity index (χ3v) is 5.92. The number of hydrogen-bond acceptors (Lipinski definition) is 2. The van der Waals surface area contributed by atoms with Gasteiger partial charge < -0.3 is 5.32 Å². The largest absolute Gasteiger partial charge is 0.312 e. The van der Waals surface area contributed by atoms with E-state index in [9.17, 15) is 4.79 Å². The second-order valence-electron chi connectivity index (χ2n) is 8.03. The van der Waals surface area contributed by atoms with Gasteiger partial charge >= 0.3 is 0 Å². The van der Waals surface area contributed by atoms with E-state index >= 15 is 0 Å². The van der Waals surface area contributed by atoms with Crippen molar-refractivity contribution in [2.45, 2.75) is 70.8 Å². The maximum atomic E-state index is 11.7. The van der Waals surface area contributed by atoms with Crippen LogP contribution in [-0.4, -0.2) is 17.3 Å². The van der Waals surface area contributed by atoms with E-state index in [4.69, 9.17) is 6.57 Å². The van der Waals surface area contributed by atoms with Gasteiger partial charge in [0.2, 0.25) is 0 Å². The smallest absolute Gasteiger partial charge is 0.253 e. The van der Waals surface area contributed by atoms with Crippen molar-refractivity contribution in [2.75, 3.05) is 0 Å². The summed E-state index contributed by atoms with van der Waals surface area (Å²) in [6.07, 6.45) is 8.46. The number of nitrogens with one attached hydrogen (secondary N) is 1. The van der Waals surface area contributed by atoms with Crippen LogP contribution >= 0.6 is 0 Å². The SMILES string of the molecule is CCCCC1=NC2(CCCC2)C(=O)N1.[C-]#[N+]c1ccccc1-c1ccc(CC)cc1. The minimum atomic E-state index is -0.344. The molecule has 1 aliphatic heterocycles. The number of carbonyl (C=O) groups excluding carboxylic acids is 1. The number of benzene rings is 2. The number of para-hydroxylation sites is 1. The van der Waals surface area contributed by atoms with Crippen LogP contribution in [0.3, 0.4) is 0 Å². The van der Waals surface area contributed by atoms with E-state index in [-0.39, 0.29) is 11.4 Å². The molecule has 0 bridgehead atoms. The molecule has 0 unspecified atom stereocenters. The molecule has 4 nitrogen and oxygen atoms in total. The average molecular weight is 402 g/mol. The van der Waals surface area contributed by atoms with E-state index in [1.165, 1.54) is 5.56 Å². The summed E-state index contributed by atoms with van der Waals surface area (Å²) in [5.41, 5.74) is 3.82. The monoisotopic (exact) mass is 401 g/mol. The number of unbranched alkanes of at least 4 members (excludes halogenated alkanes) is 1. The third kappa shape index (κ3) is 4.97. The molecule has 0 aromatic heterocycles. The number of hydrogen-bond donors (Lipinski definition) is 1. The van der Waals surface area contributed by atoms with Gasteiger partial charge in [0.05, 0.1) is 6.57 Å². The number of rotatable bonds is 5. The van der Waals surface area contributed by atoms with Crippen LogP contribution in [0, 0.1) is 6.57 Å². The van der Waals surface area contributed by atoms with Gasteiger partial charge in [0.1, 0.15) is 11.4 Å². The number of aryl methyl sites for hydroxylation is 1. The molecule has 4 heteroatoms. The molecule has 0 radical (unpaired) electrons. The first-order valence-corrected chi connectivity index (χ1v) is 11.1. The van der Waals surface area contributed by atoms with E-state index in [0.29, 0.717) is 5.69 Å². The molecular weight excluding hydrogens is 370 g/mol. The first kappa shape index (κ1) is 21.8. The van der Waals surface area contributed by atoms with Gasteiger partial charge in [0.15, 0.2) is 5.69 Å². The number of carbonyl (C=O) groups is 1. The number of amides is 1. The van der Waals surface area contributed by atoms with Gasteiger partial charge in [0, 0.05) is 6.42 Å². The molecule has 1 N–H and O–H groups in total.